The van der Waals surface area contributed by atoms with E-state index >= 15 is 0 Å². The Morgan fingerprint density at radius 1 is 1.16 bits per heavy atom. The fourth-order valence-corrected chi connectivity index (χ4v) is 4.61. The summed E-state index contributed by atoms with van der Waals surface area (Å²) >= 11 is 1.61. The standard InChI is InChI=1S/C24H25N3O3S/c1-30-20-11-9-18(10-12-20)24(29)27-15-5-8-21(27)22(28)25-14-13-19-16-31-23(26-19)17-6-3-2-4-7-17/h2-4,6-7,9-12,16,21H,5,8,13-15H2,1H3,(H,25,28)/t21-/m1/s1. The van der Waals surface area contributed by atoms with Gasteiger partial charge < -0.3 is 15.0 Å². The molecular formula is C24H25N3O3S. The number of aromatic nitrogens is 1. The summed E-state index contributed by atoms with van der Waals surface area (Å²) in [6, 6.07) is 16.6. The van der Waals surface area contributed by atoms with Crippen LogP contribution >= 0.6 is 11.3 Å². The second kappa shape index (κ2) is 9.75. The fourth-order valence-electron chi connectivity index (χ4n) is 3.75. The molecule has 0 bridgehead atoms. The van der Waals surface area contributed by atoms with Crippen LogP contribution in [0.15, 0.2) is 60.0 Å². The molecule has 0 radical (unpaired) electrons. The molecule has 1 aliphatic rings. The van der Waals surface area contributed by atoms with Crippen molar-refractivity contribution in [1.82, 2.24) is 15.2 Å². The quantitative estimate of drug-likeness (QED) is 0.613. The van der Waals surface area contributed by atoms with E-state index < -0.39 is 6.04 Å². The van der Waals surface area contributed by atoms with Crippen LogP contribution in [0.4, 0.5) is 0 Å². The normalized spacial score (nSPS) is 15.6. The van der Waals surface area contributed by atoms with E-state index in [1.807, 2.05) is 35.7 Å². The Hall–Kier alpha value is -3.19. The number of carbonyl (C=O) groups is 2. The van der Waals surface area contributed by atoms with Gasteiger partial charge in [-0.05, 0) is 37.1 Å². The average Bonchev–Trinajstić information content (AvgIpc) is 3.49. The molecule has 7 heteroatoms. The minimum atomic E-state index is -0.426. The Bertz CT molecular complexity index is 1030. The molecule has 0 spiro atoms. The molecule has 3 aromatic rings. The Kier molecular flexibility index (Phi) is 6.62. The van der Waals surface area contributed by atoms with E-state index in [4.69, 9.17) is 4.74 Å². The van der Waals surface area contributed by atoms with Gasteiger partial charge >= 0.3 is 0 Å². The van der Waals surface area contributed by atoms with Gasteiger partial charge in [-0.2, -0.15) is 0 Å². The molecule has 1 saturated heterocycles. The van der Waals surface area contributed by atoms with Crippen molar-refractivity contribution in [1.29, 1.82) is 0 Å². The van der Waals surface area contributed by atoms with Crippen LogP contribution in [0.5, 0.6) is 5.75 Å². The predicted molar refractivity (Wildman–Crippen MR) is 121 cm³/mol. The summed E-state index contributed by atoms with van der Waals surface area (Å²) in [5.74, 6) is 0.481. The van der Waals surface area contributed by atoms with E-state index in [2.05, 4.69) is 10.3 Å². The number of hydrogen-bond acceptors (Lipinski definition) is 5. The minimum absolute atomic E-state index is 0.0992. The lowest BCUT2D eigenvalue weighted by Gasteiger charge is -2.24. The number of methoxy groups -OCH3 is 1. The number of carbonyl (C=O) groups excluding carboxylic acids is 2. The summed E-state index contributed by atoms with van der Waals surface area (Å²) < 4.78 is 5.15. The number of amides is 2. The molecule has 0 unspecified atom stereocenters. The lowest BCUT2D eigenvalue weighted by atomic mass is 10.1. The molecule has 6 nitrogen and oxygen atoms in total. The van der Waals surface area contributed by atoms with E-state index in [0.29, 0.717) is 37.2 Å². The molecule has 0 aliphatic carbocycles. The molecule has 31 heavy (non-hydrogen) atoms. The number of hydrogen-bond donors (Lipinski definition) is 1. The van der Waals surface area contributed by atoms with E-state index in [9.17, 15) is 9.59 Å². The number of benzene rings is 2. The highest BCUT2D eigenvalue weighted by atomic mass is 32.1. The minimum Gasteiger partial charge on any atom is -0.497 e. The molecule has 1 aromatic heterocycles. The number of nitrogens with one attached hydrogen (secondary N) is 1. The van der Waals surface area contributed by atoms with Gasteiger partial charge in [-0.25, -0.2) is 4.98 Å². The number of thiazole rings is 1. The third kappa shape index (κ3) is 4.94. The number of likely N-dealkylation sites (tertiary alicyclic amines) is 1. The van der Waals surface area contributed by atoms with Gasteiger partial charge in [0.1, 0.15) is 16.8 Å². The van der Waals surface area contributed by atoms with E-state index in [-0.39, 0.29) is 11.8 Å². The van der Waals surface area contributed by atoms with Gasteiger partial charge in [0.2, 0.25) is 5.91 Å². The second-order valence-electron chi connectivity index (χ2n) is 7.44. The van der Waals surface area contributed by atoms with Gasteiger partial charge in [0, 0.05) is 36.0 Å². The molecule has 1 aliphatic heterocycles. The molecular weight excluding hydrogens is 410 g/mol. The molecule has 2 aromatic carbocycles. The molecule has 1 N–H and O–H groups in total. The number of rotatable bonds is 7. The number of ether oxygens (including phenoxy) is 1. The largest absolute Gasteiger partial charge is 0.497 e. The van der Waals surface area contributed by atoms with Crippen molar-refractivity contribution in [2.24, 2.45) is 0 Å². The number of nitrogens with zero attached hydrogens (tertiary/aromatic N) is 2. The van der Waals surface area contributed by atoms with Crippen LogP contribution in [-0.4, -0.2) is 47.9 Å². The van der Waals surface area contributed by atoms with Crippen molar-refractivity contribution in [3.8, 4) is 16.3 Å². The van der Waals surface area contributed by atoms with E-state index in [1.54, 1.807) is 47.6 Å². The smallest absolute Gasteiger partial charge is 0.254 e. The highest BCUT2D eigenvalue weighted by Gasteiger charge is 2.34. The van der Waals surface area contributed by atoms with Gasteiger partial charge in [0.05, 0.1) is 12.8 Å². The topological polar surface area (TPSA) is 71.5 Å². The predicted octanol–water partition coefficient (Wildman–Crippen LogP) is 3.78. The first-order valence-corrected chi connectivity index (χ1v) is 11.3. The molecule has 2 amide bonds. The third-order valence-corrected chi connectivity index (χ3v) is 6.35. The van der Waals surface area contributed by atoms with Crippen molar-refractivity contribution >= 4 is 23.2 Å². The summed E-state index contributed by atoms with van der Waals surface area (Å²) in [7, 11) is 1.59. The molecule has 1 fully saturated rings. The summed E-state index contributed by atoms with van der Waals surface area (Å²) in [6.45, 7) is 1.09. The monoisotopic (exact) mass is 435 g/mol. The summed E-state index contributed by atoms with van der Waals surface area (Å²) in [4.78, 5) is 32.0. The lowest BCUT2D eigenvalue weighted by molar-refractivity contribution is -0.124. The van der Waals surface area contributed by atoms with Crippen LogP contribution in [0.1, 0.15) is 28.9 Å². The first kappa shape index (κ1) is 21.1. The summed E-state index contributed by atoms with van der Waals surface area (Å²) in [5, 5.41) is 6.00. The maximum Gasteiger partial charge on any atom is 0.254 e. The van der Waals surface area contributed by atoms with Crippen LogP contribution in [0.3, 0.4) is 0 Å². The Balaban J connectivity index is 1.31. The first-order chi connectivity index (χ1) is 15.2. The molecule has 1 atom stereocenters. The van der Waals surface area contributed by atoms with Gasteiger partial charge in [-0.1, -0.05) is 30.3 Å². The van der Waals surface area contributed by atoms with Crippen LogP contribution in [-0.2, 0) is 11.2 Å². The van der Waals surface area contributed by atoms with Gasteiger partial charge in [-0.3, -0.25) is 9.59 Å². The van der Waals surface area contributed by atoms with E-state index in [1.165, 1.54) is 0 Å². The van der Waals surface area contributed by atoms with Gasteiger partial charge in [0.25, 0.3) is 5.91 Å². The first-order valence-electron chi connectivity index (χ1n) is 10.4. The maximum atomic E-state index is 12.9. The van der Waals surface area contributed by atoms with Crippen molar-refractivity contribution in [2.75, 3.05) is 20.2 Å². The zero-order chi connectivity index (χ0) is 21.6. The van der Waals surface area contributed by atoms with Gasteiger partial charge in [-0.15, -0.1) is 11.3 Å². The summed E-state index contributed by atoms with van der Waals surface area (Å²) in [5.41, 5.74) is 2.62. The van der Waals surface area contributed by atoms with Crippen LogP contribution < -0.4 is 10.1 Å². The molecule has 160 valence electrons. The highest BCUT2D eigenvalue weighted by molar-refractivity contribution is 7.13. The highest BCUT2D eigenvalue weighted by Crippen LogP contribution is 2.24. The van der Waals surface area contributed by atoms with Crippen molar-refractivity contribution < 1.29 is 14.3 Å². The lowest BCUT2D eigenvalue weighted by Crippen LogP contribution is -2.46. The second-order valence-corrected chi connectivity index (χ2v) is 8.29. The van der Waals surface area contributed by atoms with Crippen molar-refractivity contribution in [3.05, 3.63) is 71.2 Å². The fraction of sp³-hybridized carbons (Fsp3) is 0.292. The SMILES string of the molecule is COc1ccc(C(=O)N2CCC[C@@H]2C(=O)NCCc2csc(-c3ccccc3)n2)cc1. The molecule has 4 rings (SSSR count). The average molecular weight is 436 g/mol. The van der Waals surface area contributed by atoms with E-state index in [0.717, 1.165) is 22.7 Å². The Morgan fingerprint density at radius 2 is 1.94 bits per heavy atom. The third-order valence-electron chi connectivity index (χ3n) is 5.41. The van der Waals surface area contributed by atoms with Gasteiger partial charge in [0.15, 0.2) is 0 Å². The molecule has 0 saturated carbocycles. The Labute approximate surface area is 185 Å². The Morgan fingerprint density at radius 3 is 2.68 bits per heavy atom. The van der Waals surface area contributed by atoms with Crippen molar-refractivity contribution in [2.45, 2.75) is 25.3 Å². The molecule has 2 heterocycles. The van der Waals surface area contributed by atoms with Crippen molar-refractivity contribution in [3.63, 3.8) is 0 Å². The van der Waals surface area contributed by atoms with Crippen LogP contribution in [0.25, 0.3) is 10.6 Å². The van der Waals surface area contributed by atoms with Crippen LogP contribution in [0, 0.1) is 0 Å². The summed E-state index contributed by atoms with van der Waals surface area (Å²) in [6.07, 6.45) is 2.17. The maximum absolute atomic E-state index is 12.9. The zero-order valence-corrected chi connectivity index (χ0v) is 18.2. The van der Waals surface area contributed by atoms with Crippen LogP contribution in [0.2, 0.25) is 0 Å². The zero-order valence-electron chi connectivity index (χ0n) is 17.4.